The van der Waals surface area contributed by atoms with Gasteiger partial charge in [0.1, 0.15) is 5.82 Å². The quantitative estimate of drug-likeness (QED) is 0.725. The number of aryl methyl sites for hydroxylation is 1. The highest BCUT2D eigenvalue weighted by Gasteiger charge is 2.23. The van der Waals surface area contributed by atoms with Crippen molar-refractivity contribution in [3.8, 4) is 11.4 Å². The van der Waals surface area contributed by atoms with Gasteiger partial charge in [0.05, 0.1) is 0 Å². The highest BCUT2D eigenvalue weighted by Crippen LogP contribution is 2.40. The van der Waals surface area contributed by atoms with E-state index in [9.17, 15) is 0 Å². The molecule has 1 aromatic heterocycles. The molecule has 0 atom stereocenters. The van der Waals surface area contributed by atoms with E-state index in [4.69, 9.17) is 0 Å². The third-order valence-corrected chi connectivity index (χ3v) is 3.04. The summed E-state index contributed by atoms with van der Waals surface area (Å²) in [5.41, 5.74) is 2.68. The molecule has 0 spiro atoms. The number of rotatable bonds is 2. The Morgan fingerprint density at radius 1 is 1.20 bits per heavy atom. The van der Waals surface area contributed by atoms with Crippen molar-refractivity contribution in [3.63, 3.8) is 0 Å². The molecule has 2 aromatic rings. The molecular formula is C13H14N2. The third kappa shape index (κ3) is 1.56. The normalized spacial score (nSPS) is 15.5. The van der Waals surface area contributed by atoms with E-state index < -0.39 is 0 Å². The van der Waals surface area contributed by atoms with Gasteiger partial charge in [-0.3, -0.25) is 0 Å². The Morgan fingerprint density at radius 2 is 1.93 bits per heavy atom. The van der Waals surface area contributed by atoms with Crippen molar-refractivity contribution in [1.82, 2.24) is 9.55 Å². The monoisotopic (exact) mass is 198 g/mol. The van der Waals surface area contributed by atoms with Crippen LogP contribution in [0.1, 0.15) is 24.3 Å². The van der Waals surface area contributed by atoms with E-state index in [1.807, 2.05) is 24.0 Å². The molecule has 0 bridgehead atoms. The molecule has 1 aliphatic rings. The molecular weight excluding hydrogens is 184 g/mol. The molecule has 1 saturated carbocycles. The Hall–Kier alpha value is -1.57. The molecule has 76 valence electrons. The van der Waals surface area contributed by atoms with Gasteiger partial charge >= 0.3 is 0 Å². The molecule has 1 aliphatic carbocycles. The van der Waals surface area contributed by atoms with Crippen LogP contribution in [0.2, 0.25) is 0 Å². The number of nitrogens with zero attached hydrogens (tertiary/aromatic N) is 2. The van der Waals surface area contributed by atoms with E-state index in [1.165, 1.54) is 24.0 Å². The Kier molecular flexibility index (Phi) is 1.88. The summed E-state index contributed by atoms with van der Waals surface area (Å²) in [5.74, 6) is 1.87. The minimum atomic E-state index is 0.834. The van der Waals surface area contributed by atoms with Crippen LogP contribution in [0.5, 0.6) is 0 Å². The lowest BCUT2D eigenvalue weighted by atomic mass is 10.1. The van der Waals surface area contributed by atoms with Crippen LogP contribution in [0, 0.1) is 0 Å². The number of hydrogen-bond acceptors (Lipinski definition) is 1. The predicted molar refractivity (Wildman–Crippen MR) is 60.6 cm³/mol. The molecule has 0 unspecified atom stereocenters. The van der Waals surface area contributed by atoms with Crippen LogP contribution in [0.3, 0.4) is 0 Å². The van der Waals surface area contributed by atoms with Crippen LogP contribution in [0.15, 0.2) is 36.7 Å². The van der Waals surface area contributed by atoms with E-state index in [0.717, 1.165) is 11.7 Å². The Morgan fingerprint density at radius 3 is 2.47 bits per heavy atom. The molecule has 2 nitrogen and oxygen atoms in total. The van der Waals surface area contributed by atoms with Gasteiger partial charge in [0.2, 0.25) is 0 Å². The van der Waals surface area contributed by atoms with E-state index in [-0.39, 0.29) is 0 Å². The molecule has 15 heavy (non-hydrogen) atoms. The standard InChI is InChI=1S/C13H14N2/c1-15-9-8-14-13(15)12-6-4-11(5-7-12)10-2-3-10/h4-10H,2-3H2,1H3. The van der Waals surface area contributed by atoms with E-state index in [1.54, 1.807) is 0 Å². The van der Waals surface area contributed by atoms with Crippen LogP contribution < -0.4 is 0 Å². The van der Waals surface area contributed by atoms with Crippen molar-refractivity contribution in [2.24, 2.45) is 7.05 Å². The lowest BCUT2D eigenvalue weighted by Gasteiger charge is -2.03. The first-order valence-corrected chi connectivity index (χ1v) is 5.42. The molecule has 0 amide bonds. The van der Waals surface area contributed by atoms with E-state index in [2.05, 4.69) is 29.2 Å². The number of imidazole rings is 1. The Balaban J connectivity index is 1.96. The van der Waals surface area contributed by atoms with Gasteiger partial charge in [-0.25, -0.2) is 4.98 Å². The Labute approximate surface area is 89.6 Å². The van der Waals surface area contributed by atoms with Crippen molar-refractivity contribution in [2.45, 2.75) is 18.8 Å². The van der Waals surface area contributed by atoms with Crippen molar-refractivity contribution >= 4 is 0 Å². The zero-order chi connectivity index (χ0) is 10.3. The molecule has 0 aliphatic heterocycles. The molecule has 0 radical (unpaired) electrons. The molecule has 0 N–H and O–H groups in total. The summed E-state index contributed by atoms with van der Waals surface area (Å²) >= 11 is 0. The number of hydrogen-bond donors (Lipinski definition) is 0. The SMILES string of the molecule is Cn1ccnc1-c1ccc(C2CC2)cc1. The zero-order valence-corrected chi connectivity index (χ0v) is 8.85. The topological polar surface area (TPSA) is 17.8 Å². The van der Waals surface area contributed by atoms with Gasteiger partial charge in [-0.1, -0.05) is 24.3 Å². The largest absolute Gasteiger partial charge is 0.334 e. The minimum absolute atomic E-state index is 0.834. The Bertz CT molecular complexity index is 464. The van der Waals surface area contributed by atoms with Gasteiger partial charge in [0.15, 0.2) is 0 Å². The molecule has 0 saturated heterocycles. The van der Waals surface area contributed by atoms with Gasteiger partial charge < -0.3 is 4.57 Å². The minimum Gasteiger partial charge on any atom is -0.334 e. The van der Waals surface area contributed by atoms with Gasteiger partial charge in [-0.05, 0) is 24.3 Å². The third-order valence-electron chi connectivity index (χ3n) is 3.04. The fourth-order valence-electron chi connectivity index (χ4n) is 1.96. The van der Waals surface area contributed by atoms with Crippen molar-refractivity contribution in [2.75, 3.05) is 0 Å². The summed E-state index contributed by atoms with van der Waals surface area (Å²) in [7, 11) is 2.02. The van der Waals surface area contributed by atoms with Crippen molar-refractivity contribution in [1.29, 1.82) is 0 Å². The molecule has 1 aromatic carbocycles. The van der Waals surface area contributed by atoms with Crippen LogP contribution in [-0.4, -0.2) is 9.55 Å². The highest BCUT2D eigenvalue weighted by molar-refractivity contribution is 5.56. The lowest BCUT2D eigenvalue weighted by Crippen LogP contribution is -1.91. The van der Waals surface area contributed by atoms with Gasteiger partial charge in [-0.15, -0.1) is 0 Å². The van der Waals surface area contributed by atoms with Crippen LogP contribution >= 0.6 is 0 Å². The van der Waals surface area contributed by atoms with Crippen molar-refractivity contribution in [3.05, 3.63) is 42.2 Å². The fourth-order valence-corrected chi connectivity index (χ4v) is 1.96. The summed E-state index contributed by atoms with van der Waals surface area (Å²) < 4.78 is 2.05. The fraction of sp³-hybridized carbons (Fsp3) is 0.308. The van der Waals surface area contributed by atoms with Crippen molar-refractivity contribution < 1.29 is 0 Å². The maximum atomic E-state index is 4.34. The summed E-state index contributed by atoms with van der Waals surface area (Å²) in [6.45, 7) is 0. The second-order valence-corrected chi connectivity index (χ2v) is 4.26. The smallest absolute Gasteiger partial charge is 0.139 e. The number of benzene rings is 1. The van der Waals surface area contributed by atoms with Gasteiger partial charge in [0.25, 0.3) is 0 Å². The molecule has 1 heterocycles. The first kappa shape index (κ1) is 8.72. The summed E-state index contributed by atoms with van der Waals surface area (Å²) in [5, 5.41) is 0. The second-order valence-electron chi connectivity index (χ2n) is 4.26. The first-order valence-electron chi connectivity index (χ1n) is 5.42. The lowest BCUT2D eigenvalue weighted by molar-refractivity contribution is 0.924. The van der Waals surface area contributed by atoms with Crippen LogP contribution in [0.25, 0.3) is 11.4 Å². The average molecular weight is 198 g/mol. The summed E-state index contributed by atoms with van der Waals surface area (Å²) in [4.78, 5) is 4.34. The summed E-state index contributed by atoms with van der Waals surface area (Å²) in [6.07, 6.45) is 6.54. The van der Waals surface area contributed by atoms with Gasteiger partial charge in [0, 0.05) is 25.0 Å². The number of aromatic nitrogens is 2. The summed E-state index contributed by atoms with van der Waals surface area (Å²) in [6, 6.07) is 8.83. The molecule has 1 fully saturated rings. The molecule has 2 heteroatoms. The highest BCUT2D eigenvalue weighted by atomic mass is 15.0. The second kappa shape index (κ2) is 3.23. The van der Waals surface area contributed by atoms with E-state index >= 15 is 0 Å². The maximum Gasteiger partial charge on any atom is 0.139 e. The average Bonchev–Trinajstić information content (AvgIpc) is 3.02. The predicted octanol–water partition coefficient (Wildman–Crippen LogP) is 2.96. The van der Waals surface area contributed by atoms with Gasteiger partial charge in [-0.2, -0.15) is 0 Å². The first-order chi connectivity index (χ1) is 7.34. The maximum absolute atomic E-state index is 4.34. The molecule has 3 rings (SSSR count). The zero-order valence-electron chi connectivity index (χ0n) is 8.85. The van der Waals surface area contributed by atoms with Crippen LogP contribution in [0.4, 0.5) is 0 Å². The van der Waals surface area contributed by atoms with Crippen LogP contribution in [-0.2, 0) is 7.05 Å². The van der Waals surface area contributed by atoms with E-state index in [0.29, 0.717) is 0 Å².